The van der Waals surface area contributed by atoms with E-state index in [0.29, 0.717) is 5.92 Å². The summed E-state index contributed by atoms with van der Waals surface area (Å²) in [4.78, 5) is 13.5. The molecule has 0 amide bonds. The SMILES string of the molecule is Cc1ccc(N2CC(CNc3ccc(=O)n(C)n3)C2)nn1. The van der Waals surface area contributed by atoms with Crippen LogP contribution in [0.2, 0.25) is 0 Å². The Bertz CT molecular complexity index is 675. The predicted molar refractivity (Wildman–Crippen MR) is 80.4 cm³/mol. The van der Waals surface area contributed by atoms with Crippen molar-refractivity contribution in [3.8, 4) is 0 Å². The zero-order chi connectivity index (χ0) is 14.8. The van der Waals surface area contributed by atoms with E-state index < -0.39 is 0 Å². The van der Waals surface area contributed by atoms with Gasteiger partial charge < -0.3 is 10.2 Å². The first-order chi connectivity index (χ1) is 10.1. The number of nitrogens with zero attached hydrogens (tertiary/aromatic N) is 5. The summed E-state index contributed by atoms with van der Waals surface area (Å²) in [5, 5.41) is 15.7. The number of aryl methyl sites for hydroxylation is 2. The quantitative estimate of drug-likeness (QED) is 0.878. The molecule has 1 fully saturated rings. The molecule has 0 saturated carbocycles. The Balaban J connectivity index is 1.49. The highest BCUT2D eigenvalue weighted by Gasteiger charge is 2.27. The second-order valence-electron chi connectivity index (χ2n) is 5.37. The summed E-state index contributed by atoms with van der Waals surface area (Å²) in [6, 6.07) is 7.21. The van der Waals surface area contributed by atoms with E-state index in [-0.39, 0.29) is 5.56 Å². The topological polar surface area (TPSA) is 75.9 Å². The van der Waals surface area contributed by atoms with E-state index in [4.69, 9.17) is 0 Å². The molecule has 0 atom stereocenters. The molecular weight excluding hydrogens is 268 g/mol. The van der Waals surface area contributed by atoms with Crippen molar-refractivity contribution >= 4 is 11.6 Å². The van der Waals surface area contributed by atoms with Crippen molar-refractivity contribution < 1.29 is 0 Å². The molecule has 3 heterocycles. The molecule has 2 aromatic heterocycles. The average Bonchev–Trinajstić information content (AvgIpc) is 2.43. The lowest BCUT2D eigenvalue weighted by Crippen LogP contribution is -2.50. The van der Waals surface area contributed by atoms with Gasteiger partial charge in [-0.25, -0.2) is 4.68 Å². The fourth-order valence-corrected chi connectivity index (χ4v) is 2.29. The van der Waals surface area contributed by atoms with Crippen LogP contribution in [-0.2, 0) is 7.05 Å². The number of nitrogens with one attached hydrogen (secondary N) is 1. The van der Waals surface area contributed by atoms with E-state index in [2.05, 4.69) is 25.5 Å². The summed E-state index contributed by atoms with van der Waals surface area (Å²) < 4.78 is 1.33. The van der Waals surface area contributed by atoms with Gasteiger partial charge in [0.25, 0.3) is 5.56 Å². The normalized spacial score (nSPS) is 14.9. The molecule has 0 radical (unpaired) electrons. The van der Waals surface area contributed by atoms with Gasteiger partial charge >= 0.3 is 0 Å². The highest BCUT2D eigenvalue weighted by atomic mass is 16.1. The van der Waals surface area contributed by atoms with Crippen LogP contribution >= 0.6 is 0 Å². The number of aromatic nitrogens is 4. The first-order valence-corrected chi connectivity index (χ1v) is 6.95. The Kier molecular flexibility index (Phi) is 3.55. The Labute approximate surface area is 122 Å². The van der Waals surface area contributed by atoms with Crippen molar-refractivity contribution in [3.63, 3.8) is 0 Å². The molecule has 0 unspecified atom stereocenters. The Morgan fingerprint density at radius 3 is 2.71 bits per heavy atom. The van der Waals surface area contributed by atoms with Crippen LogP contribution in [0, 0.1) is 12.8 Å². The summed E-state index contributed by atoms with van der Waals surface area (Å²) in [6.07, 6.45) is 0. The van der Waals surface area contributed by atoms with Gasteiger partial charge in [0.1, 0.15) is 5.82 Å². The molecule has 21 heavy (non-hydrogen) atoms. The van der Waals surface area contributed by atoms with Gasteiger partial charge in [0, 0.05) is 38.7 Å². The van der Waals surface area contributed by atoms with Crippen molar-refractivity contribution in [2.45, 2.75) is 6.92 Å². The molecule has 0 aromatic carbocycles. The van der Waals surface area contributed by atoms with Crippen molar-refractivity contribution in [3.05, 3.63) is 40.3 Å². The van der Waals surface area contributed by atoms with Crippen LogP contribution in [0.15, 0.2) is 29.1 Å². The number of anilines is 2. The van der Waals surface area contributed by atoms with Gasteiger partial charge in [-0.3, -0.25) is 4.79 Å². The van der Waals surface area contributed by atoms with Crippen LogP contribution in [0.4, 0.5) is 11.6 Å². The largest absolute Gasteiger partial charge is 0.368 e. The molecule has 0 aliphatic carbocycles. The van der Waals surface area contributed by atoms with E-state index in [9.17, 15) is 4.79 Å². The maximum atomic E-state index is 11.3. The number of hydrogen-bond donors (Lipinski definition) is 1. The second kappa shape index (κ2) is 5.51. The van der Waals surface area contributed by atoms with Gasteiger partial charge in [0.2, 0.25) is 0 Å². The standard InChI is InChI=1S/C14H18N6O/c1-10-3-5-13(17-16-10)20-8-11(9-20)7-15-12-4-6-14(21)19(2)18-12/h3-6,11H,7-9H2,1-2H3,(H,15,18). The molecule has 1 aliphatic rings. The first-order valence-electron chi connectivity index (χ1n) is 6.95. The summed E-state index contributed by atoms with van der Waals surface area (Å²) >= 11 is 0. The molecular formula is C14H18N6O. The lowest BCUT2D eigenvalue weighted by atomic mass is 10.0. The Morgan fingerprint density at radius 1 is 1.24 bits per heavy atom. The van der Waals surface area contributed by atoms with Crippen molar-refractivity contribution in [2.75, 3.05) is 29.9 Å². The molecule has 0 spiro atoms. The zero-order valence-electron chi connectivity index (χ0n) is 12.2. The van der Waals surface area contributed by atoms with Crippen LogP contribution in [-0.4, -0.2) is 39.6 Å². The van der Waals surface area contributed by atoms with Gasteiger partial charge in [-0.15, -0.1) is 5.10 Å². The van der Waals surface area contributed by atoms with Crippen LogP contribution in [0.25, 0.3) is 0 Å². The fourth-order valence-electron chi connectivity index (χ4n) is 2.29. The van der Waals surface area contributed by atoms with Crippen LogP contribution in [0.5, 0.6) is 0 Å². The summed E-state index contributed by atoms with van der Waals surface area (Å²) in [7, 11) is 1.65. The van der Waals surface area contributed by atoms with E-state index in [0.717, 1.165) is 37.0 Å². The van der Waals surface area contributed by atoms with Gasteiger partial charge in [0.05, 0.1) is 5.69 Å². The van der Waals surface area contributed by atoms with Gasteiger partial charge in [-0.1, -0.05) is 0 Å². The molecule has 110 valence electrons. The minimum Gasteiger partial charge on any atom is -0.368 e. The monoisotopic (exact) mass is 286 g/mol. The Hall–Kier alpha value is -2.44. The van der Waals surface area contributed by atoms with Gasteiger partial charge in [0.15, 0.2) is 5.82 Å². The minimum atomic E-state index is -0.103. The average molecular weight is 286 g/mol. The molecule has 1 aliphatic heterocycles. The molecule has 7 nitrogen and oxygen atoms in total. The third kappa shape index (κ3) is 3.01. The number of rotatable bonds is 4. The molecule has 1 N–H and O–H groups in total. The lowest BCUT2D eigenvalue weighted by molar-refractivity contribution is 0.424. The summed E-state index contributed by atoms with van der Waals surface area (Å²) in [6.45, 7) is 4.67. The molecule has 1 saturated heterocycles. The maximum absolute atomic E-state index is 11.3. The smallest absolute Gasteiger partial charge is 0.266 e. The third-order valence-electron chi connectivity index (χ3n) is 3.60. The predicted octanol–water partition coefficient (Wildman–Crippen LogP) is 0.427. The summed E-state index contributed by atoms with van der Waals surface area (Å²) in [5.41, 5.74) is 0.826. The van der Waals surface area contributed by atoms with E-state index in [1.807, 2.05) is 19.1 Å². The fraction of sp³-hybridized carbons (Fsp3) is 0.429. The zero-order valence-corrected chi connectivity index (χ0v) is 12.2. The van der Waals surface area contributed by atoms with E-state index in [1.165, 1.54) is 10.7 Å². The lowest BCUT2D eigenvalue weighted by Gasteiger charge is -2.40. The molecule has 0 bridgehead atoms. The van der Waals surface area contributed by atoms with Crippen molar-refractivity contribution in [1.82, 2.24) is 20.0 Å². The Morgan fingerprint density at radius 2 is 2.05 bits per heavy atom. The van der Waals surface area contributed by atoms with Crippen molar-refractivity contribution in [1.29, 1.82) is 0 Å². The van der Waals surface area contributed by atoms with E-state index >= 15 is 0 Å². The summed E-state index contributed by atoms with van der Waals surface area (Å²) in [5.74, 6) is 2.20. The first kappa shape index (κ1) is 13.5. The highest BCUT2D eigenvalue weighted by molar-refractivity contribution is 5.41. The second-order valence-corrected chi connectivity index (χ2v) is 5.37. The highest BCUT2D eigenvalue weighted by Crippen LogP contribution is 2.22. The van der Waals surface area contributed by atoms with Crippen LogP contribution in [0.1, 0.15) is 5.69 Å². The molecule has 3 rings (SSSR count). The molecule has 2 aromatic rings. The van der Waals surface area contributed by atoms with Gasteiger partial charge in [-0.05, 0) is 25.1 Å². The third-order valence-corrected chi connectivity index (χ3v) is 3.60. The van der Waals surface area contributed by atoms with Gasteiger partial charge in [-0.2, -0.15) is 10.2 Å². The van der Waals surface area contributed by atoms with E-state index in [1.54, 1.807) is 13.1 Å². The molecule has 7 heteroatoms. The van der Waals surface area contributed by atoms with Crippen LogP contribution < -0.4 is 15.8 Å². The number of hydrogen-bond acceptors (Lipinski definition) is 6. The van der Waals surface area contributed by atoms with Crippen LogP contribution in [0.3, 0.4) is 0 Å². The minimum absolute atomic E-state index is 0.103. The van der Waals surface area contributed by atoms with Crippen molar-refractivity contribution in [2.24, 2.45) is 13.0 Å². The maximum Gasteiger partial charge on any atom is 0.266 e.